The fraction of sp³-hybridized carbons (Fsp3) is 0.379. The molecule has 2 heterocycles. The lowest BCUT2D eigenvalue weighted by molar-refractivity contribution is -0.137. The molecule has 6 nitrogen and oxygen atoms in total. The normalized spacial score (nSPS) is 14.7. The van der Waals surface area contributed by atoms with Crippen LogP contribution in [0.2, 0.25) is 0 Å². The third-order valence-corrected chi connectivity index (χ3v) is 8.96. The summed E-state index contributed by atoms with van der Waals surface area (Å²) in [7, 11) is -1.69. The van der Waals surface area contributed by atoms with Crippen LogP contribution >= 0.6 is 0 Å². The minimum absolute atomic E-state index is 0.216. The fourth-order valence-electron chi connectivity index (χ4n) is 4.88. The van der Waals surface area contributed by atoms with E-state index in [4.69, 9.17) is 0 Å². The van der Waals surface area contributed by atoms with Crippen LogP contribution in [-0.2, 0) is 26.2 Å². The number of halogens is 4. The number of aromatic nitrogens is 1. The van der Waals surface area contributed by atoms with Gasteiger partial charge in [0.25, 0.3) is 0 Å². The Kier molecular flexibility index (Phi) is 7.51. The van der Waals surface area contributed by atoms with Crippen LogP contribution in [-0.4, -0.2) is 51.0 Å². The van der Waals surface area contributed by atoms with Crippen molar-refractivity contribution in [2.75, 3.05) is 36.2 Å². The van der Waals surface area contributed by atoms with Crippen LogP contribution in [0.3, 0.4) is 0 Å². The molecule has 0 aliphatic carbocycles. The maximum atomic E-state index is 13.9. The third-order valence-electron chi connectivity index (χ3n) is 7.45. The smallest absolute Gasteiger partial charge is 0.354 e. The zero-order chi connectivity index (χ0) is 29.8. The Morgan fingerprint density at radius 2 is 1.62 bits per heavy atom. The highest BCUT2D eigenvalue weighted by atomic mass is 32.2. The molecule has 0 N–H and O–H groups in total. The van der Waals surface area contributed by atoms with E-state index in [1.807, 2.05) is 0 Å². The topological polar surface area (TPSA) is 70.6 Å². The van der Waals surface area contributed by atoms with Crippen molar-refractivity contribution in [2.45, 2.75) is 44.5 Å². The quantitative estimate of drug-likeness (QED) is 0.352. The molecule has 1 amide bonds. The highest BCUT2D eigenvalue weighted by Crippen LogP contribution is 2.39. The van der Waals surface area contributed by atoms with Crippen LogP contribution < -0.4 is 9.80 Å². The van der Waals surface area contributed by atoms with Gasteiger partial charge < -0.3 is 9.80 Å². The molecular weight excluding hydrogens is 546 g/mol. The highest BCUT2D eigenvalue weighted by Gasteiger charge is 2.39. The Morgan fingerprint density at radius 1 is 1.00 bits per heavy atom. The summed E-state index contributed by atoms with van der Waals surface area (Å²) >= 11 is 0. The maximum Gasteiger partial charge on any atom is 0.416 e. The summed E-state index contributed by atoms with van der Waals surface area (Å²) in [5.41, 5.74) is 0.586. The van der Waals surface area contributed by atoms with Crippen LogP contribution in [0.5, 0.6) is 0 Å². The number of aryl methyl sites for hydroxylation is 2. The number of rotatable bonds is 6. The van der Waals surface area contributed by atoms with Crippen molar-refractivity contribution in [3.05, 3.63) is 76.7 Å². The summed E-state index contributed by atoms with van der Waals surface area (Å²) in [6.07, 6.45) is -1.90. The Hall–Kier alpha value is -3.47. The van der Waals surface area contributed by atoms with Crippen molar-refractivity contribution >= 4 is 27.2 Å². The zero-order valence-corrected chi connectivity index (χ0v) is 23.9. The first-order chi connectivity index (χ1) is 18.4. The van der Waals surface area contributed by atoms with Gasteiger partial charge in [0.15, 0.2) is 9.84 Å². The van der Waals surface area contributed by atoms with E-state index in [2.05, 4.69) is 4.98 Å². The van der Waals surface area contributed by atoms with E-state index in [1.165, 1.54) is 36.5 Å². The Morgan fingerprint density at radius 3 is 2.20 bits per heavy atom. The van der Waals surface area contributed by atoms with E-state index in [-0.39, 0.29) is 18.7 Å². The maximum absolute atomic E-state index is 13.9. The zero-order valence-electron chi connectivity index (χ0n) is 23.1. The standard InChI is InChI=1S/C29H31F4N3O3S/c1-17-9-19(12-20(10-17)29(31,32)33)28(3,4)27(37)35(5)25-14-34-26(36-15-22(16-36)40(6,38)39)13-24(25)23-8-7-21(30)11-18(23)2/h7-14,22H,15-16H2,1-6H3. The molecular formula is C29H31F4N3O3S. The molecule has 0 saturated carbocycles. The summed E-state index contributed by atoms with van der Waals surface area (Å²) in [4.78, 5) is 21.5. The number of nitrogens with zero attached hydrogens (tertiary/aromatic N) is 3. The summed E-state index contributed by atoms with van der Waals surface area (Å²) in [5.74, 6) is -0.403. The molecule has 1 saturated heterocycles. The second kappa shape index (κ2) is 10.2. The molecule has 214 valence electrons. The number of benzene rings is 2. The molecule has 40 heavy (non-hydrogen) atoms. The van der Waals surface area contributed by atoms with Gasteiger partial charge in [-0.25, -0.2) is 17.8 Å². The molecule has 3 aromatic rings. The Balaban J connectivity index is 1.77. The number of anilines is 2. The summed E-state index contributed by atoms with van der Waals surface area (Å²) < 4.78 is 78.3. The summed E-state index contributed by atoms with van der Waals surface area (Å²) in [6.45, 7) is 6.94. The van der Waals surface area contributed by atoms with Gasteiger partial charge in [-0.3, -0.25) is 4.79 Å². The lowest BCUT2D eigenvalue weighted by Gasteiger charge is -2.39. The predicted molar refractivity (Wildman–Crippen MR) is 148 cm³/mol. The molecule has 0 bridgehead atoms. The van der Waals surface area contributed by atoms with Gasteiger partial charge in [-0.1, -0.05) is 17.7 Å². The average Bonchev–Trinajstić information content (AvgIpc) is 2.80. The predicted octanol–water partition coefficient (Wildman–Crippen LogP) is 5.70. The number of carbonyl (C=O) groups excluding carboxylic acids is 1. The van der Waals surface area contributed by atoms with Gasteiger partial charge in [0.1, 0.15) is 11.6 Å². The van der Waals surface area contributed by atoms with Crippen molar-refractivity contribution in [3.8, 4) is 11.1 Å². The van der Waals surface area contributed by atoms with Gasteiger partial charge >= 0.3 is 6.18 Å². The van der Waals surface area contributed by atoms with E-state index in [1.54, 1.807) is 50.8 Å². The van der Waals surface area contributed by atoms with E-state index < -0.39 is 44.0 Å². The lowest BCUT2D eigenvalue weighted by Crippen LogP contribution is -2.54. The van der Waals surface area contributed by atoms with Crippen molar-refractivity contribution in [2.24, 2.45) is 0 Å². The number of pyridine rings is 1. The Labute approximate surface area is 231 Å². The molecule has 0 radical (unpaired) electrons. The van der Waals surface area contributed by atoms with Gasteiger partial charge in [-0.15, -0.1) is 0 Å². The first kappa shape index (κ1) is 29.5. The van der Waals surface area contributed by atoms with E-state index in [0.717, 1.165) is 12.1 Å². The molecule has 2 aromatic carbocycles. The van der Waals surface area contributed by atoms with Crippen LogP contribution in [0.25, 0.3) is 11.1 Å². The molecule has 1 fully saturated rings. The second-order valence-corrected chi connectivity index (χ2v) is 13.3. The van der Waals surface area contributed by atoms with E-state index in [9.17, 15) is 30.8 Å². The second-order valence-electron chi connectivity index (χ2n) is 11.0. The largest absolute Gasteiger partial charge is 0.416 e. The SMILES string of the molecule is Cc1cc(C(F)(F)F)cc(C(C)(C)C(=O)N(C)c2cnc(N3CC(S(C)(=O)=O)C3)cc2-c2ccc(F)cc2C)c1. The minimum atomic E-state index is -4.56. The third kappa shape index (κ3) is 5.70. The van der Waals surface area contributed by atoms with Gasteiger partial charge in [0.2, 0.25) is 5.91 Å². The molecule has 1 aliphatic rings. The first-order valence-electron chi connectivity index (χ1n) is 12.6. The van der Waals surface area contributed by atoms with Gasteiger partial charge in [-0.2, -0.15) is 13.2 Å². The number of hydrogen-bond donors (Lipinski definition) is 0. The molecule has 0 unspecified atom stereocenters. The van der Waals surface area contributed by atoms with E-state index >= 15 is 0 Å². The van der Waals surface area contributed by atoms with Crippen LogP contribution in [0, 0.1) is 19.7 Å². The van der Waals surface area contributed by atoms with Gasteiger partial charge in [0.05, 0.1) is 28.1 Å². The molecule has 0 atom stereocenters. The number of carbonyl (C=O) groups is 1. The summed E-state index contributed by atoms with van der Waals surface area (Å²) in [5, 5.41) is -0.508. The number of alkyl halides is 3. The molecule has 11 heteroatoms. The van der Waals surface area contributed by atoms with Crippen LogP contribution in [0.1, 0.15) is 36.1 Å². The fourth-order valence-corrected chi connectivity index (χ4v) is 5.78. The van der Waals surface area contributed by atoms with Crippen molar-refractivity contribution in [1.82, 2.24) is 4.98 Å². The number of hydrogen-bond acceptors (Lipinski definition) is 5. The number of sulfone groups is 1. The van der Waals surface area contributed by atoms with Crippen LogP contribution in [0.15, 0.2) is 48.7 Å². The van der Waals surface area contributed by atoms with Crippen molar-refractivity contribution in [3.63, 3.8) is 0 Å². The monoisotopic (exact) mass is 577 g/mol. The summed E-state index contributed by atoms with van der Waals surface area (Å²) in [6, 6.07) is 9.56. The lowest BCUT2D eigenvalue weighted by atomic mass is 9.81. The van der Waals surface area contributed by atoms with Gasteiger partial charge in [0, 0.05) is 32.0 Å². The molecule has 1 aromatic heterocycles. The van der Waals surface area contributed by atoms with E-state index in [0.29, 0.717) is 33.8 Å². The molecule has 1 aliphatic heterocycles. The Bertz CT molecular complexity index is 1580. The number of likely N-dealkylation sites (N-methyl/N-ethyl adjacent to an activating group) is 1. The minimum Gasteiger partial charge on any atom is -0.354 e. The molecule has 4 rings (SSSR count). The average molecular weight is 578 g/mol. The number of amides is 1. The first-order valence-corrected chi connectivity index (χ1v) is 14.5. The van der Waals surface area contributed by atoms with Crippen molar-refractivity contribution < 1.29 is 30.8 Å². The highest BCUT2D eigenvalue weighted by molar-refractivity contribution is 7.91. The van der Waals surface area contributed by atoms with Crippen LogP contribution in [0.4, 0.5) is 29.1 Å². The molecule has 0 spiro atoms. The van der Waals surface area contributed by atoms with Gasteiger partial charge in [-0.05, 0) is 74.7 Å². The van der Waals surface area contributed by atoms with Crippen molar-refractivity contribution in [1.29, 1.82) is 0 Å².